The number of methoxy groups -OCH3 is 1. The number of ether oxygens (including phenoxy) is 1. The van der Waals surface area contributed by atoms with Crippen LogP contribution in [0.4, 0.5) is 0 Å². The van der Waals surface area contributed by atoms with Crippen LogP contribution in [0.1, 0.15) is 29.4 Å². The predicted molar refractivity (Wildman–Crippen MR) is 69.1 cm³/mol. The van der Waals surface area contributed by atoms with Crippen molar-refractivity contribution in [1.29, 1.82) is 0 Å². The Bertz CT molecular complexity index is 626. The van der Waals surface area contributed by atoms with Crippen molar-refractivity contribution in [3.63, 3.8) is 0 Å². The maximum absolute atomic E-state index is 5.14. The molecular formula is C14H15N3O. The van der Waals surface area contributed by atoms with E-state index in [-0.39, 0.29) is 0 Å². The molecule has 0 saturated carbocycles. The lowest BCUT2D eigenvalue weighted by Crippen LogP contribution is -2.28. The number of aromatic nitrogens is 2. The Morgan fingerprint density at radius 2 is 1.89 bits per heavy atom. The first-order valence-corrected chi connectivity index (χ1v) is 6.40. The van der Waals surface area contributed by atoms with Crippen molar-refractivity contribution in [1.82, 2.24) is 15.3 Å². The number of fused-ring (bicyclic) bond motifs is 6. The summed E-state index contributed by atoms with van der Waals surface area (Å²) in [5.41, 5.74) is 4.85. The minimum Gasteiger partial charge on any atom is -0.480 e. The third kappa shape index (κ3) is 1.35. The molecule has 4 heteroatoms. The second-order valence-electron chi connectivity index (χ2n) is 5.17. The molecule has 2 aliphatic rings. The van der Waals surface area contributed by atoms with Gasteiger partial charge in [0.1, 0.15) is 0 Å². The van der Waals surface area contributed by atoms with Crippen LogP contribution in [-0.4, -0.2) is 30.2 Å². The number of nitrogens with zero attached hydrogens (tertiary/aromatic N) is 2. The quantitative estimate of drug-likeness (QED) is 0.827. The molecule has 1 fully saturated rings. The molecule has 0 spiro atoms. The first-order valence-electron chi connectivity index (χ1n) is 6.40. The largest absolute Gasteiger partial charge is 0.480 e. The molecule has 1 aliphatic carbocycles. The Morgan fingerprint density at radius 1 is 1.17 bits per heavy atom. The van der Waals surface area contributed by atoms with E-state index >= 15 is 0 Å². The van der Waals surface area contributed by atoms with Gasteiger partial charge in [0.25, 0.3) is 0 Å². The molecule has 0 radical (unpaired) electrons. The van der Waals surface area contributed by atoms with Gasteiger partial charge in [0.2, 0.25) is 5.88 Å². The standard InChI is InChI=1S/C14H15N3O/c1-18-14-7-16-12-3-10-8-2-9(6-15-5-8)11(10)4-13(12)17-14/h3-4,7-9,15H,2,5-6H2,1H3. The van der Waals surface area contributed by atoms with Crippen LogP contribution in [0.3, 0.4) is 0 Å². The van der Waals surface area contributed by atoms with Gasteiger partial charge >= 0.3 is 0 Å². The lowest BCUT2D eigenvalue weighted by Gasteiger charge is -2.19. The number of nitrogens with one attached hydrogen (secondary N) is 1. The zero-order valence-electron chi connectivity index (χ0n) is 10.3. The smallest absolute Gasteiger partial charge is 0.232 e. The lowest BCUT2D eigenvalue weighted by atomic mass is 9.98. The van der Waals surface area contributed by atoms with E-state index in [0.29, 0.717) is 17.7 Å². The van der Waals surface area contributed by atoms with E-state index in [0.717, 1.165) is 24.1 Å². The average Bonchev–Trinajstić information content (AvgIpc) is 2.67. The van der Waals surface area contributed by atoms with Gasteiger partial charge in [0.15, 0.2) is 0 Å². The van der Waals surface area contributed by atoms with Gasteiger partial charge in [-0.2, -0.15) is 0 Å². The van der Waals surface area contributed by atoms with E-state index in [4.69, 9.17) is 4.74 Å². The normalized spacial score (nSPS) is 25.2. The van der Waals surface area contributed by atoms with E-state index < -0.39 is 0 Å². The second-order valence-corrected chi connectivity index (χ2v) is 5.17. The highest BCUT2D eigenvalue weighted by Gasteiger charge is 2.34. The van der Waals surface area contributed by atoms with Gasteiger partial charge in [-0.3, -0.25) is 0 Å². The van der Waals surface area contributed by atoms with Crippen LogP contribution in [0.5, 0.6) is 5.88 Å². The van der Waals surface area contributed by atoms with Crippen molar-refractivity contribution in [2.75, 3.05) is 20.2 Å². The molecule has 1 N–H and O–H groups in total. The molecule has 2 unspecified atom stereocenters. The number of benzene rings is 1. The van der Waals surface area contributed by atoms with Gasteiger partial charge in [0, 0.05) is 13.1 Å². The molecule has 1 aromatic carbocycles. The maximum atomic E-state index is 5.14. The van der Waals surface area contributed by atoms with Crippen LogP contribution in [0.25, 0.3) is 11.0 Å². The van der Waals surface area contributed by atoms with Crippen LogP contribution in [0, 0.1) is 0 Å². The van der Waals surface area contributed by atoms with Crippen molar-refractivity contribution in [3.05, 3.63) is 29.5 Å². The van der Waals surface area contributed by atoms with E-state index in [9.17, 15) is 0 Å². The first kappa shape index (κ1) is 10.3. The van der Waals surface area contributed by atoms with Crippen molar-refractivity contribution in [3.8, 4) is 5.88 Å². The average molecular weight is 241 g/mol. The summed E-state index contributed by atoms with van der Waals surface area (Å²) in [5.74, 6) is 1.89. The predicted octanol–water partition coefficient (Wildman–Crippen LogP) is 1.81. The molecule has 1 aliphatic heterocycles. The molecule has 0 amide bonds. The molecular weight excluding hydrogens is 226 g/mol. The summed E-state index contributed by atoms with van der Waals surface area (Å²) in [6, 6.07) is 4.42. The molecule has 4 rings (SSSR count). The highest BCUT2D eigenvalue weighted by molar-refractivity contribution is 5.77. The van der Waals surface area contributed by atoms with Gasteiger partial charge in [0.05, 0.1) is 24.3 Å². The summed E-state index contributed by atoms with van der Waals surface area (Å²) < 4.78 is 5.14. The number of rotatable bonds is 1. The summed E-state index contributed by atoms with van der Waals surface area (Å²) >= 11 is 0. The fraction of sp³-hybridized carbons (Fsp3) is 0.429. The number of hydrogen-bond donors (Lipinski definition) is 1. The second kappa shape index (κ2) is 3.65. The summed E-state index contributed by atoms with van der Waals surface area (Å²) in [4.78, 5) is 8.92. The molecule has 4 nitrogen and oxygen atoms in total. The highest BCUT2D eigenvalue weighted by atomic mass is 16.5. The first-order chi connectivity index (χ1) is 8.85. The Morgan fingerprint density at radius 3 is 2.61 bits per heavy atom. The summed E-state index contributed by atoms with van der Waals surface area (Å²) in [6.45, 7) is 2.19. The Kier molecular flexibility index (Phi) is 2.08. The molecule has 18 heavy (non-hydrogen) atoms. The summed E-state index contributed by atoms with van der Waals surface area (Å²) in [5, 5.41) is 3.51. The lowest BCUT2D eigenvalue weighted by molar-refractivity contribution is 0.397. The monoisotopic (exact) mass is 241 g/mol. The van der Waals surface area contributed by atoms with Crippen LogP contribution in [0.2, 0.25) is 0 Å². The van der Waals surface area contributed by atoms with Crippen molar-refractivity contribution >= 4 is 11.0 Å². The van der Waals surface area contributed by atoms with Gasteiger partial charge in [-0.1, -0.05) is 0 Å². The molecule has 2 atom stereocenters. The molecule has 1 saturated heterocycles. The Balaban J connectivity index is 1.94. The van der Waals surface area contributed by atoms with E-state index in [1.165, 1.54) is 17.5 Å². The van der Waals surface area contributed by atoms with E-state index in [2.05, 4.69) is 27.4 Å². The highest BCUT2D eigenvalue weighted by Crippen LogP contribution is 2.44. The van der Waals surface area contributed by atoms with Gasteiger partial charge < -0.3 is 10.1 Å². The van der Waals surface area contributed by atoms with Gasteiger partial charge in [-0.25, -0.2) is 9.97 Å². The Hall–Kier alpha value is -1.68. The van der Waals surface area contributed by atoms with Gasteiger partial charge in [-0.05, 0) is 41.5 Å². The molecule has 2 heterocycles. The third-order valence-corrected chi connectivity index (χ3v) is 4.16. The number of piperidine rings is 1. The molecule has 2 aromatic rings. The minimum absolute atomic E-state index is 0.585. The third-order valence-electron chi connectivity index (χ3n) is 4.16. The Labute approximate surface area is 105 Å². The van der Waals surface area contributed by atoms with Gasteiger partial charge in [-0.15, -0.1) is 0 Å². The molecule has 1 aromatic heterocycles. The van der Waals surface area contributed by atoms with E-state index in [1.807, 2.05) is 0 Å². The van der Waals surface area contributed by atoms with E-state index in [1.54, 1.807) is 13.3 Å². The maximum Gasteiger partial charge on any atom is 0.232 e. The fourth-order valence-electron chi connectivity index (χ4n) is 3.30. The fourth-order valence-corrected chi connectivity index (χ4v) is 3.30. The summed E-state index contributed by atoms with van der Waals surface area (Å²) in [6.07, 6.45) is 2.96. The van der Waals surface area contributed by atoms with Crippen LogP contribution >= 0.6 is 0 Å². The van der Waals surface area contributed by atoms with Crippen LogP contribution in [-0.2, 0) is 0 Å². The van der Waals surface area contributed by atoms with Crippen molar-refractivity contribution in [2.45, 2.75) is 18.3 Å². The summed E-state index contributed by atoms with van der Waals surface area (Å²) in [7, 11) is 1.63. The SMILES string of the molecule is COc1cnc2cc3c(cc2n1)C1CNCC3C1. The van der Waals surface area contributed by atoms with Crippen LogP contribution in [0.15, 0.2) is 18.3 Å². The minimum atomic E-state index is 0.585. The van der Waals surface area contributed by atoms with Crippen molar-refractivity contribution < 1.29 is 4.74 Å². The zero-order chi connectivity index (χ0) is 12.1. The number of hydrogen-bond acceptors (Lipinski definition) is 4. The molecule has 2 bridgehead atoms. The zero-order valence-corrected chi connectivity index (χ0v) is 10.3. The topological polar surface area (TPSA) is 47.0 Å². The van der Waals surface area contributed by atoms with Crippen LogP contribution < -0.4 is 10.1 Å². The van der Waals surface area contributed by atoms with Crippen molar-refractivity contribution in [2.24, 2.45) is 0 Å². The molecule has 92 valence electrons.